The second kappa shape index (κ2) is 6.29. The quantitative estimate of drug-likeness (QED) is 0.890. The predicted molar refractivity (Wildman–Crippen MR) is 79.2 cm³/mol. The lowest BCUT2D eigenvalue weighted by atomic mass is 10.1. The van der Waals surface area contributed by atoms with Gasteiger partial charge in [-0.2, -0.15) is 0 Å². The van der Waals surface area contributed by atoms with Gasteiger partial charge in [-0.15, -0.1) is 0 Å². The van der Waals surface area contributed by atoms with Gasteiger partial charge in [0.2, 0.25) is 5.95 Å². The van der Waals surface area contributed by atoms with Crippen LogP contribution in [0.25, 0.3) is 11.3 Å². The van der Waals surface area contributed by atoms with E-state index in [4.69, 9.17) is 10.7 Å². The van der Waals surface area contributed by atoms with Gasteiger partial charge >= 0.3 is 0 Å². The molecule has 0 fully saturated rings. The summed E-state index contributed by atoms with van der Waals surface area (Å²) in [5, 5.41) is 0. The molecule has 4 heteroatoms. The zero-order valence-corrected chi connectivity index (χ0v) is 11.5. The van der Waals surface area contributed by atoms with Gasteiger partial charge in [-0.1, -0.05) is 37.3 Å². The van der Waals surface area contributed by atoms with Crippen LogP contribution in [0.15, 0.2) is 36.5 Å². The third-order valence-corrected chi connectivity index (χ3v) is 3.09. The molecule has 100 valence electrons. The summed E-state index contributed by atoms with van der Waals surface area (Å²) in [7, 11) is 1.96. The lowest BCUT2D eigenvalue weighted by Gasteiger charge is -2.17. The Labute approximate surface area is 114 Å². The van der Waals surface area contributed by atoms with Gasteiger partial charge in [0.15, 0.2) is 0 Å². The second-order valence-electron chi connectivity index (χ2n) is 4.47. The molecule has 2 rings (SSSR count). The van der Waals surface area contributed by atoms with Crippen molar-refractivity contribution in [3.63, 3.8) is 0 Å². The molecule has 0 amide bonds. The maximum atomic E-state index is 5.57. The molecular formula is C15H20N4. The highest BCUT2D eigenvalue weighted by molar-refractivity contribution is 5.64. The maximum absolute atomic E-state index is 5.57. The molecule has 2 aromatic rings. The Morgan fingerprint density at radius 3 is 2.58 bits per heavy atom. The van der Waals surface area contributed by atoms with Crippen LogP contribution >= 0.6 is 0 Å². The number of aryl methyl sites for hydroxylation is 1. The third kappa shape index (κ3) is 3.09. The number of hydrogen-bond acceptors (Lipinski definition) is 4. The molecule has 19 heavy (non-hydrogen) atoms. The van der Waals surface area contributed by atoms with Crippen LogP contribution in [-0.2, 0) is 6.42 Å². The van der Waals surface area contributed by atoms with Gasteiger partial charge in [0.25, 0.3) is 0 Å². The Morgan fingerprint density at radius 1 is 1.21 bits per heavy atom. The minimum absolute atomic E-state index is 0.593. The van der Waals surface area contributed by atoms with E-state index in [9.17, 15) is 0 Å². The fourth-order valence-corrected chi connectivity index (χ4v) is 1.98. The zero-order valence-electron chi connectivity index (χ0n) is 11.5. The van der Waals surface area contributed by atoms with E-state index in [1.807, 2.05) is 36.3 Å². The summed E-state index contributed by atoms with van der Waals surface area (Å²) in [5.74, 6) is 0.724. The standard InChI is InChI=1S/C15H20N4/c1-3-12-11-17-15(19(2)10-9-16)18-14(12)13-7-5-4-6-8-13/h4-8,11H,3,9-10,16H2,1-2H3. The third-order valence-electron chi connectivity index (χ3n) is 3.09. The van der Waals surface area contributed by atoms with Gasteiger partial charge in [0.05, 0.1) is 5.69 Å². The van der Waals surface area contributed by atoms with E-state index in [2.05, 4.69) is 24.0 Å². The summed E-state index contributed by atoms with van der Waals surface area (Å²) >= 11 is 0. The number of likely N-dealkylation sites (N-methyl/N-ethyl adjacent to an activating group) is 1. The SMILES string of the molecule is CCc1cnc(N(C)CCN)nc1-c1ccccc1. The van der Waals surface area contributed by atoms with Crippen molar-refractivity contribution in [2.75, 3.05) is 25.0 Å². The lowest BCUT2D eigenvalue weighted by Crippen LogP contribution is -2.26. The molecule has 0 saturated heterocycles. The van der Waals surface area contributed by atoms with E-state index in [-0.39, 0.29) is 0 Å². The molecule has 0 atom stereocenters. The highest BCUT2D eigenvalue weighted by atomic mass is 15.2. The molecule has 0 aliphatic heterocycles. The number of nitrogens with two attached hydrogens (primary N) is 1. The van der Waals surface area contributed by atoms with E-state index in [1.54, 1.807) is 0 Å². The van der Waals surface area contributed by atoms with Gasteiger partial charge in [-0.05, 0) is 12.0 Å². The van der Waals surface area contributed by atoms with Crippen LogP contribution in [0.1, 0.15) is 12.5 Å². The van der Waals surface area contributed by atoms with E-state index < -0.39 is 0 Å². The van der Waals surface area contributed by atoms with Crippen LogP contribution in [0, 0.1) is 0 Å². The van der Waals surface area contributed by atoms with Crippen LogP contribution in [-0.4, -0.2) is 30.1 Å². The van der Waals surface area contributed by atoms with Crippen LogP contribution in [0.3, 0.4) is 0 Å². The number of aromatic nitrogens is 2. The molecule has 0 radical (unpaired) electrons. The smallest absolute Gasteiger partial charge is 0.225 e. The summed E-state index contributed by atoms with van der Waals surface area (Å²) in [6, 6.07) is 10.2. The second-order valence-corrected chi connectivity index (χ2v) is 4.47. The van der Waals surface area contributed by atoms with E-state index in [0.29, 0.717) is 6.54 Å². The maximum Gasteiger partial charge on any atom is 0.225 e. The fourth-order valence-electron chi connectivity index (χ4n) is 1.98. The average Bonchev–Trinajstić information content (AvgIpc) is 2.47. The number of hydrogen-bond donors (Lipinski definition) is 1. The van der Waals surface area contributed by atoms with E-state index in [1.165, 1.54) is 0 Å². The van der Waals surface area contributed by atoms with Crippen molar-refractivity contribution >= 4 is 5.95 Å². The highest BCUT2D eigenvalue weighted by Crippen LogP contribution is 2.23. The van der Waals surface area contributed by atoms with Crippen LogP contribution in [0.4, 0.5) is 5.95 Å². The summed E-state index contributed by atoms with van der Waals surface area (Å²) in [6.07, 6.45) is 2.84. The molecule has 0 aliphatic carbocycles. The predicted octanol–water partition coefficient (Wildman–Crippen LogP) is 2.10. The number of rotatable bonds is 5. The molecule has 1 heterocycles. The van der Waals surface area contributed by atoms with Crippen molar-refractivity contribution in [1.29, 1.82) is 0 Å². The Morgan fingerprint density at radius 2 is 1.95 bits per heavy atom. The molecule has 0 unspecified atom stereocenters. The number of benzene rings is 1. The van der Waals surface area contributed by atoms with E-state index >= 15 is 0 Å². The van der Waals surface area contributed by atoms with Crippen molar-refractivity contribution in [3.05, 3.63) is 42.1 Å². The lowest BCUT2D eigenvalue weighted by molar-refractivity contribution is 0.842. The van der Waals surface area contributed by atoms with Crippen LogP contribution in [0.2, 0.25) is 0 Å². The van der Waals surface area contributed by atoms with Gasteiger partial charge in [0.1, 0.15) is 0 Å². The largest absolute Gasteiger partial charge is 0.343 e. The van der Waals surface area contributed by atoms with Gasteiger partial charge in [-0.25, -0.2) is 9.97 Å². The fraction of sp³-hybridized carbons (Fsp3) is 0.333. The summed E-state index contributed by atoms with van der Waals surface area (Å²) < 4.78 is 0. The van der Waals surface area contributed by atoms with Gasteiger partial charge in [0, 0.05) is 31.9 Å². The number of nitrogens with zero attached hydrogens (tertiary/aromatic N) is 3. The summed E-state index contributed by atoms with van der Waals surface area (Å²) in [4.78, 5) is 11.1. The van der Waals surface area contributed by atoms with Gasteiger partial charge < -0.3 is 10.6 Å². The molecule has 2 N–H and O–H groups in total. The minimum Gasteiger partial charge on any atom is -0.343 e. The molecular weight excluding hydrogens is 236 g/mol. The summed E-state index contributed by atoms with van der Waals surface area (Å²) in [6.45, 7) is 3.46. The topological polar surface area (TPSA) is 55.0 Å². The van der Waals surface area contributed by atoms with Crippen molar-refractivity contribution in [2.45, 2.75) is 13.3 Å². The molecule has 0 bridgehead atoms. The first-order chi connectivity index (χ1) is 9.26. The Kier molecular flexibility index (Phi) is 4.47. The normalized spacial score (nSPS) is 10.5. The van der Waals surface area contributed by atoms with Crippen LogP contribution < -0.4 is 10.6 Å². The Bertz CT molecular complexity index is 525. The first-order valence-electron chi connectivity index (χ1n) is 6.58. The molecule has 4 nitrogen and oxygen atoms in total. The average molecular weight is 256 g/mol. The number of anilines is 1. The van der Waals surface area contributed by atoms with Crippen molar-refractivity contribution in [3.8, 4) is 11.3 Å². The molecule has 0 spiro atoms. The Hall–Kier alpha value is -1.94. The van der Waals surface area contributed by atoms with Crippen molar-refractivity contribution in [2.24, 2.45) is 5.73 Å². The monoisotopic (exact) mass is 256 g/mol. The molecule has 1 aromatic carbocycles. The Balaban J connectivity index is 2.43. The highest BCUT2D eigenvalue weighted by Gasteiger charge is 2.10. The van der Waals surface area contributed by atoms with Gasteiger partial charge in [-0.3, -0.25) is 0 Å². The zero-order chi connectivity index (χ0) is 13.7. The first-order valence-corrected chi connectivity index (χ1v) is 6.58. The molecule has 0 saturated carbocycles. The first kappa shape index (κ1) is 13.5. The summed E-state index contributed by atoms with van der Waals surface area (Å²) in [5.41, 5.74) is 8.88. The molecule has 1 aromatic heterocycles. The van der Waals surface area contributed by atoms with Crippen LogP contribution in [0.5, 0.6) is 0 Å². The minimum atomic E-state index is 0.593. The van der Waals surface area contributed by atoms with E-state index in [0.717, 1.165) is 35.7 Å². The molecule has 0 aliphatic rings. The van der Waals surface area contributed by atoms with Crippen molar-refractivity contribution < 1.29 is 0 Å². The van der Waals surface area contributed by atoms with Crippen molar-refractivity contribution in [1.82, 2.24) is 9.97 Å².